The molecule has 0 bridgehead atoms. The first-order valence-corrected chi connectivity index (χ1v) is 8.50. The van der Waals surface area contributed by atoms with Gasteiger partial charge in [0.25, 0.3) is 0 Å². The van der Waals surface area contributed by atoms with E-state index in [9.17, 15) is 4.39 Å². The number of halogens is 2. The smallest absolute Gasteiger partial charge is 0.213 e. The van der Waals surface area contributed by atoms with E-state index in [4.69, 9.17) is 4.74 Å². The lowest BCUT2D eigenvalue weighted by molar-refractivity contribution is 0.288. The van der Waals surface area contributed by atoms with Gasteiger partial charge in [0, 0.05) is 38.0 Å². The predicted molar refractivity (Wildman–Crippen MR) is 111 cm³/mol. The van der Waals surface area contributed by atoms with Crippen molar-refractivity contribution in [2.24, 2.45) is 10.9 Å². The molecule has 0 saturated heterocycles. The number of pyridine rings is 1. The van der Waals surface area contributed by atoms with E-state index < -0.39 is 0 Å². The number of guanidine groups is 1. The van der Waals surface area contributed by atoms with Crippen LogP contribution >= 0.6 is 24.0 Å². The molecule has 2 aromatic rings. The van der Waals surface area contributed by atoms with Crippen LogP contribution in [0.5, 0.6) is 5.88 Å². The summed E-state index contributed by atoms with van der Waals surface area (Å²) in [7, 11) is 1.69. The molecule has 26 heavy (non-hydrogen) atoms. The van der Waals surface area contributed by atoms with E-state index in [1.165, 1.54) is 18.9 Å². The maximum Gasteiger partial charge on any atom is 0.213 e. The highest BCUT2D eigenvalue weighted by Gasteiger charge is 2.22. The zero-order valence-corrected chi connectivity index (χ0v) is 17.1. The maximum atomic E-state index is 13.7. The summed E-state index contributed by atoms with van der Waals surface area (Å²) in [6, 6.07) is 10.6. The second-order valence-corrected chi connectivity index (χ2v) is 6.13. The summed E-state index contributed by atoms with van der Waals surface area (Å²) in [5, 5.41) is 6.32. The van der Waals surface area contributed by atoms with E-state index in [1.807, 2.05) is 18.2 Å². The summed E-state index contributed by atoms with van der Waals surface area (Å²) in [6.07, 6.45) is 4.26. The van der Waals surface area contributed by atoms with E-state index in [2.05, 4.69) is 20.6 Å². The third kappa shape index (κ3) is 6.44. The zero-order chi connectivity index (χ0) is 17.5. The first-order chi connectivity index (χ1) is 12.2. The number of aliphatic imine (C=N–C) groups is 1. The largest absolute Gasteiger partial charge is 0.477 e. The van der Waals surface area contributed by atoms with Gasteiger partial charge < -0.3 is 15.4 Å². The number of hydrogen-bond acceptors (Lipinski definition) is 3. The molecule has 0 atom stereocenters. The molecule has 7 heteroatoms. The molecule has 1 heterocycles. The highest BCUT2D eigenvalue weighted by molar-refractivity contribution is 14.0. The average molecular weight is 470 g/mol. The molecular weight excluding hydrogens is 446 g/mol. The van der Waals surface area contributed by atoms with Gasteiger partial charge in [0.05, 0.1) is 6.61 Å². The molecule has 5 nitrogen and oxygen atoms in total. The number of rotatable bonds is 7. The Bertz CT molecular complexity index is 737. The summed E-state index contributed by atoms with van der Waals surface area (Å²) in [6.45, 7) is 1.70. The fraction of sp³-hybridized carbons (Fsp3) is 0.368. The van der Waals surface area contributed by atoms with Gasteiger partial charge >= 0.3 is 0 Å². The van der Waals surface area contributed by atoms with Crippen molar-refractivity contribution in [1.82, 2.24) is 15.6 Å². The first-order valence-electron chi connectivity index (χ1n) is 8.50. The van der Waals surface area contributed by atoms with Crippen molar-refractivity contribution in [2.75, 3.05) is 13.7 Å². The van der Waals surface area contributed by atoms with Crippen molar-refractivity contribution >= 4 is 29.9 Å². The van der Waals surface area contributed by atoms with Crippen molar-refractivity contribution in [1.29, 1.82) is 0 Å². The second kappa shape index (κ2) is 10.3. The monoisotopic (exact) mass is 470 g/mol. The predicted octanol–water partition coefficient (Wildman–Crippen LogP) is 3.49. The quantitative estimate of drug-likeness (QED) is 0.370. The van der Waals surface area contributed by atoms with Gasteiger partial charge in [0.1, 0.15) is 5.82 Å². The van der Waals surface area contributed by atoms with Crippen LogP contribution in [0.15, 0.2) is 47.6 Å². The van der Waals surface area contributed by atoms with Crippen LogP contribution in [-0.2, 0) is 13.1 Å². The Morgan fingerprint density at radius 2 is 2.00 bits per heavy atom. The molecule has 1 aromatic carbocycles. The van der Waals surface area contributed by atoms with E-state index in [-0.39, 0.29) is 29.8 Å². The van der Waals surface area contributed by atoms with Crippen LogP contribution in [0.1, 0.15) is 24.0 Å². The van der Waals surface area contributed by atoms with Gasteiger partial charge in [-0.05, 0) is 36.5 Å². The third-order valence-electron chi connectivity index (χ3n) is 4.05. The molecule has 3 rings (SSSR count). The number of benzene rings is 1. The van der Waals surface area contributed by atoms with E-state index >= 15 is 0 Å². The van der Waals surface area contributed by atoms with Gasteiger partial charge in [-0.3, -0.25) is 4.99 Å². The first kappa shape index (κ1) is 20.4. The summed E-state index contributed by atoms with van der Waals surface area (Å²) >= 11 is 0. The standard InChI is InChI=1S/C19H23FN4O.HI/c1-21-19(24-12-16-4-2-3-5-17(16)20)23-11-15-8-9-22-18(10-15)25-13-14-6-7-14;/h2-5,8-10,14H,6-7,11-13H2,1H3,(H2,21,23,24);1H. The molecule has 1 aromatic heterocycles. The van der Waals surface area contributed by atoms with Gasteiger partial charge in [-0.15, -0.1) is 24.0 Å². The Balaban J connectivity index is 0.00000243. The minimum Gasteiger partial charge on any atom is -0.477 e. The van der Waals surface area contributed by atoms with Crippen molar-refractivity contribution < 1.29 is 9.13 Å². The van der Waals surface area contributed by atoms with Crippen LogP contribution in [0, 0.1) is 11.7 Å². The average Bonchev–Trinajstić information content (AvgIpc) is 3.46. The Morgan fingerprint density at radius 3 is 2.73 bits per heavy atom. The van der Waals surface area contributed by atoms with Crippen LogP contribution in [0.3, 0.4) is 0 Å². The van der Waals surface area contributed by atoms with E-state index in [0.717, 1.165) is 12.2 Å². The normalized spacial score (nSPS) is 13.7. The maximum absolute atomic E-state index is 13.7. The van der Waals surface area contributed by atoms with Crippen molar-refractivity contribution in [2.45, 2.75) is 25.9 Å². The number of nitrogens with one attached hydrogen (secondary N) is 2. The molecule has 1 saturated carbocycles. The summed E-state index contributed by atoms with van der Waals surface area (Å²) < 4.78 is 19.3. The summed E-state index contributed by atoms with van der Waals surface area (Å²) in [5.74, 6) is 1.74. The van der Waals surface area contributed by atoms with Crippen molar-refractivity contribution in [3.05, 3.63) is 59.5 Å². The number of ether oxygens (including phenoxy) is 1. The zero-order valence-electron chi connectivity index (χ0n) is 14.7. The molecular formula is C19H24FIN4O. The Labute approximate surface area is 170 Å². The van der Waals surface area contributed by atoms with Gasteiger partial charge in [0.2, 0.25) is 5.88 Å². The molecule has 1 fully saturated rings. The summed E-state index contributed by atoms with van der Waals surface area (Å²) in [5.41, 5.74) is 1.65. The molecule has 0 spiro atoms. The Morgan fingerprint density at radius 1 is 1.23 bits per heavy atom. The highest BCUT2D eigenvalue weighted by atomic mass is 127. The molecule has 0 amide bonds. The molecule has 0 aliphatic heterocycles. The van der Waals surface area contributed by atoms with Crippen LogP contribution in [0.4, 0.5) is 4.39 Å². The topological polar surface area (TPSA) is 58.5 Å². The van der Waals surface area contributed by atoms with Gasteiger partial charge in [-0.1, -0.05) is 18.2 Å². The van der Waals surface area contributed by atoms with Gasteiger partial charge in [0.15, 0.2) is 5.96 Å². The van der Waals surface area contributed by atoms with Crippen molar-refractivity contribution in [3.8, 4) is 5.88 Å². The second-order valence-electron chi connectivity index (χ2n) is 6.13. The lowest BCUT2D eigenvalue weighted by Crippen LogP contribution is -2.36. The van der Waals surface area contributed by atoms with Crippen LogP contribution in [0.25, 0.3) is 0 Å². The molecule has 0 radical (unpaired) electrons. The third-order valence-corrected chi connectivity index (χ3v) is 4.05. The molecule has 140 valence electrons. The number of aromatic nitrogens is 1. The van der Waals surface area contributed by atoms with Gasteiger partial charge in [-0.2, -0.15) is 0 Å². The lowest BCUT2D eigenvalue weighted by atomic mass is 10.2. The lowest BCUT2D eigenvalue weighted by Gasteiger charge is -2.13. The fourth-order valence-electron chi connectivity index (χ4n) is 2.35. The summed E-state index contributed by atoms with van der Waals surface area (Å²) in [4.78, 5) is 8.40. The van der Waals surface area contributed by atoms with Crippen LogP contribution in [0.2, 0.25) is 0 Å². The molecule has 0 unspecified atom stereocenters. The van der Waals surface area contributed by atoms with Crippen LogP contribution < -0.4 is 15.4 Å². The molecule has 1 aliphatic rings. The molecule has 2 N–H and O–H groups in total. The minimum absolute atomic E-state index is 0. The number of hydrogen-bond donors (Lipinski definition) is 2. The molecule has 1 aliphatic carbocycles. The van der Waals surface area contributed by atoms with Gasteiger partial charge in [-0.25, -0.2) is 9.37 Å². The van der Waals surface area contributed by atoms with E-state index in [0.29, 0.717) is 36.4 Å². The Hall–Kier alpha value is -1.90. The van der Waals surface area contributed by atoms with Crippen LogP contribution in [-0.4, -0.2) is 24.6 Å². The Kier molecular flexibility index (Phi) is 8.08. The van der Waals surface area contributed by atoms with E-state index in [1.54, 1.807) is 25.4 Å². The SMILES string of the molecule is CN=C(NCc1ccnc(OCC2CC2)c1)NCc1ccccc1F.I. The fourth-order valence-corrected chi connectivity index (χ4v) is 2.35. The minimum atomic E-state index is -0.225. The highest BCUT2D eigenvalue weighted by Crippen LogP contribution is 2.29. The number of nitrogens with zero attached hydrogens (tertiary/aromatic N) is 2. The van der Waals surface area contributed by atoms with Crippen molar-refractivity contribution in [3.63, 3.8) is 0 Å².